The molecule has 1 aromatic carbocycles. The number of methoxy groups -OCH3 is 1. The van der Waals surface area contributed by atoms with Crippen LogP contribution in [0.3, 0.4) is 0 Å². The summed E-state index contributed by atoms with van der Waals surface area (Å²) in [5.74, 6) is 0.482. The molecule has 19 heavy (non-hydrogen) atoms. The molecule has 104 valence electrons. The van der Waals surface area contributed by atoms with Crippen molar-refractivity contribution in [1.82, 2.24) is 0 Å². The number of benzene rings is 1. The highest BCUT2D eigenvalue weighted by Gasteiger charge is 2.24. The molecule has 0 amide bonds. The zero-order valence-electron chi connectivity index (χ0n) is 10.7. The molecule has 0 spiro atoms. The van der Waals surface area contributed by atoms with E-state index in [0.717, 1.165) is 5.56 Å². The standard InChI is InChI=1S/C13H15BrO5/c1-7(13(15)16)5-8-6-9-12(19-4-3-18-9)10(14)11(8)17-2/h6-7H,3-5H2,1-2H3,(H,15,16). The predicted octanol–water partition coefficient (Wildman–Crippen LogP) is 2.49. The second kappa shape index (κ2) is 5.69. The molecule has 0 fully saturated rings. The van der Waals surface area contributed by atoms with Crippen LogP contribution in [-0.2, 0) is 11.2 Å². The average Bonchev–Trinajstić information content (AvgIpc) is 2.39. The largest absolute Gasteiger partial charge is 0.495 e. The van der Waals surface area contributed by atoms with E-state index in [4.69, 9.17) is 19.3 Å². The van der Waals surface area contributed by atoms with Gasteiger partial charge in [-0.1, -0.05) is 6.92 Å². The summed E-state index contributed by atoms with van der Waals surface area (Å²) >= 11 is 3.43. The van der Waals surface area contributed by atoms with Crippen molar-refractivity contribution >= 4 is 21.9 Å². The predicted molar refractivity (Wildman–Crippen MR) is 72.2 cm³/mol. The van der Waals surface area contributed by atoms with Crippen molar-refractivity contribution in [2.75, 3.05) is 20.3 Å². The van der Waals surface area contributed by atoms with Gasteiger partial charge in [0, 0.05) is 5.56 Å². The highest BCUT2D eigenvalue weighted by atomic mass is 79.9. The molecule has 6 heteroatoms. The van der Waals surface area contributed by atoms with Crippen molar-refractivity contribution in [3.05, 3.63) is 16.1 Å². The first kappa shape index (κ1) is 14.0. The number of rotatable bonds is 4. The summed E-state index contributed by atoms with van der Waals surface area (Å²) in [4.78, 5) is 11.0. The zero-order valence-corrected chi connectivity index (χ0v) is 12.3. The zero-order chi connectivity index (χ0) is 14.0. The summed E-state index contributed by atoms with van der Waals surface area (Å²) in [6.07, 6.45) is 0.369. The second-order valence-corrected chi connectivity index (χ2v) is 5.14. The number of fused-ring (bicyclic) bond motifs is 1. The summed E-state index contributed by atoms with van der Waals surface area (Å²) in [6.45, 7) is 2.63. The Kier molecular flexibility index (Phi) is 4.19. The lowest BCUT2D eigenvalue weighted by atomic mass is 10.00. The molecule has 0 saturated carbocycles. The Bertz CT molecular complexity index is 500. The fourth-order valence-electron chi connectivity index (χ4n) is 1.97. The molecule has 0 aromatic heterocycles. The van der Waals surface area contributed by atoms with Gasteiger partial charge in [0.15, 0.2) is 11.5 Å². The Morgan fingerprint density at radius 2 is 2.21 bits per heavy atom. The maximum Gasteiger partial charge on any atom is 0.306 e. The van der Waals surface area contributed by atoms with Crippen LogP contribution in [0, 0.1) is 5.92 Å². The number of ether oxygens (including phenoxy) is 3. The van der Waals surface area contributed by atoms with Crippen LogP contribution < -0.4 is 14.2 Å². The summed E-state index contributed by atoms with van der Waals surface area (Å²) < 4.78 is 17.1. The van der Waals surface area contributed by atoms with E-state index in [2.05, 4.69) is 15.9 Å². The summed E-state index contributed by atoms with van der Waals surface area (Å²) in [7, 11) is 1.55. The fourth-order valence-corrected chi connectivity index (χ4v) is 2.69. The third kappa shape index (κ3) is 2.78. The molecule has 1 atom stereocenters. The van der Waals surface area contributed by atoms with Gasteiger partial charge in [-0.2, -0.15) is 0 Å². The highest BCUT2D eigenvalue weighted by molar-refractivity contribution is 9.10. The van der Waals surface area contributed by atoms with Gasteiger partial charge in [-0.25, -0.2) is 0 Å². The number of hydrogen-bond donors (Lipinski definition) is 1. The van der Waals surface area contributed by atoms with Crippen LogP contribution in [0.5, 0.6) is 17.2 Å². The lowest BCUT2D eigenvalue weighted by Gasteiger charge is -2.23. The van der Waals surface area contributed by atoms with E-state index < -0.39 is 11.9 Å². The van der Waals surface area contributed by atoms with Crippen LogP contribution in [0.25, 0.3) is 0 Å². The first-order chi connectivity index (χ1) is 9.04. The van der Waals surface area contributed by atoms with Crippen molar-refractivity contribution in [2.24, 2.45) is 5.92 Å². The second-order valence-electron chi connectivity index (χ2n) is 4.35. The summed E-state index contributed by atoms with van der Waals surface area (Å²) in [5.41, 5.74) is 0.786. The van der Waals surface area contributed by atoms with Crippen molar-refractivity contribution < 1.29 is 24.1 Å². The van der Waals surface area contributed by atoms with Gasteiger partial charge in [-0.15, -0.1) is 0 Å². The number of carbonyl (C=O) groups is 1. The van der Waals surface area contributed by atoms with Crippen molar-refractivity contribution in [2.45, 2.75) is 13.3 Å². The molecular weight excluding hydrogens is 316 g/mol. The van der Waals surface area contributed by atoms with E-state index >= 15 is 0 Å². The molecule has 5 nitrogen and oxygen atoms in total. The van der Waals surface area contributed by atoms with Crippen LogP contribution in [0.15, 0.2) is 10.5 Å². The molecule has 1 aliphatic rings. The molecule has 0 bridgehead atoms. The Morgan fingerprint density at radius 1 is 1.53 bits per heavy atom. The maximum absolute atomic E-state index is 11.0. The van der Waals surface area contributed by atoms with Crippen molar-refractivity contribution in [3.63, 3.8) is 0 Å². The number of carboxylic acid groups (broad SMARTS) is 1. The van der Waals surface area contributed by atoms with Gasteiger partial charge >= 0.3 is 5.97 Å². The number of carboxylic acids is 1. The Morgan fingerprint density at radius 3 is 2.84 bits per heavy atom. The van der Waals surface area contributed by atoms with Crippen LogP contribution in [0.4, 0.5) is 0 Å². The molecule has 1 N–H and O–H groups in total. The Balaban J connectivity index is 2.42. The van der Waals surface area contributed by atoms with Gasteiger partial charge in [-0.05, 0) is 28.4 Å². The van der Waals surface area contributed by atoms with E-state index in [0.29, 0.717) is 41.4 Å². The van der Waals surface area contributed by atoms with E-state index in [1.165, 1.54) is 0 Å². The molecule has 2 rings (SSSR count). The highest BCUT2D eigenvalue weighted by Crippen LogP contribution is 2.46. The van der Waals surface area contributed by atoms with Crippen molar-refractivity contribution in [3.8, 4) is 17.2 Å². The van der Waals surface area contributed by atoms with E-state index in [1.54, 1.807) is 20.1 Å². The molecule has 1 unspecified atom stereocenters. The SMILES string of the molecule is COc1c(CC(C)C(=O)O)cc2c(c1Br)OCCO2. The minimum Gasteiger partial charge on any atom is -0.495 e. The third-order valence-corrected chi connectivity index (χ3v) is 3.68. The maximum atomic E-state index is 11.0. The van der Waals surface area contributed by atoms with Crippen LogP contribution in [0.1, 0.15) is 12.5 Å². The minimum atomic E-state index is -0.840. The first-order valence-electron chi connectivity index (χ1n) is 5.92. The molecule has 1 aliphatic heterocycles. The van der Waals surface area contributed by atoms with Gasteiger partial charge in [0.2, 0.25) is 0 Å². The third-order valence-electron chi connectivity index (χ3n) is 2.96. The molecule has 1 heterocycles. The van der Waals surface area contributed by atoms with Gasteiger partial charge in [0.05, 0.1) is 13.0 Å². The first-order valence-corrected chi connectivity index (χ1v) is 6.71. The lowest BCUT2D eigenvalue weighted by Crippen LogP contribution is -2.17. The van der Waals surface area contributed by atoms with E-state index in [-0.39, 0.29) is 0 Å². The molecule has 0 aliphatic carbocycles. The quantitative estimate of drug-likeness (QED) is 0.918. The van der Waals surface area contributed by atoms with Gasteiger partial charge in [-0.3, -0.25) is 4.79 Å². The summed E-state index contributed by atoms with van der Waals surface area (Å²) in [5, 5.41) is 9.01. The Hall–Kier alpha value is -1.43. The molecule has 1 aromatic rings. The number of halogens is 1. The van der Waals surface area contributed by atoms with Gasteiger partial charge in [0.1, 0.15) is 23.4 Å². The van der Waals surface area contributed by atoms with Gasteiger partial charge < -0.3 is 19.3 Å². The topological polar surface area (TPSA) is 65.0 Å². The van der Waals surface area contributed by atoms with E-state index in [1.807, 2.05) is 0 Å². The Labute approximate surface area is 119 Å². The lowest BCUT2D eigenvalue weighted by molar-refractivity contribution is -0.141. The van der Waals surface area contributed by atoms with E-state index in [9.17, 15) is 4.79 Å². The fraction of sp³-hybridized carbons (Fsp3) is 0.462. The average molecular weight is 331 g/mol. The van der Waals surface area contributed by atoms with Crippen LogP contribution in [-0.4, -0.2) is 31.4 Å². The molecule has 0 radical (unpaired) electrons. The van der Waals surface area contributed by atoms with Crippen LogP contribution in [0.2, 0.25) is 0 Å². The van der Waals surface area contributed by atoms with Gasteiger partial charge in [0.25, 0.3) is 0 Å². The van der Waals surface area contributed by atoms with Crippen molar-refractivity contribution in [1.29, 1.82) is 0 Å². The number of hydrogen-bond acceptors (Lipinski definition) is 4. The summed E-state index contributed by atoms with van der Waals surface area (Å²) in [6, 6.07) is 1.79. The smallest absolute Gasteiger partial charge is 0.306 e. The molecule has 0 saturated heterocycles. The molecular formula is C13H15BrO5. The monoisotopic (exact) mass is 330 g/mol. The normalized spacial score (nSPS) is 14.9. The number of aliphatic carboxylic acids is 1. The minimum absolute atomic E-state index is 0.369. The van der Waals surface area contributed by atoms with Crippen LogP contribution >= 0.6 is 15.9 Å².